The number of aryl methyl sites for hydroxylation is 1. The van der Waals surface area contributed by atoms with Crippen molar-refractivity contribution in [2.45, 2.75) is 133 Å². The lowest BCUT2D eigenvalue weighted by molar-refractivity contribution is -0.142. The molecule has 0 radical (unpaired) electrons. The Labute approximate surface area is 498 Å². The average molecular weight is 1230 g/mol. The van der Waals surface area contributed by atoms with Crippen molar-refractivity contribution >= 4 is 77.7 Å². The molecule has 2 saturated heterocycles. The minimum atomic E-state index is -1.56. The summed E-state index contributed by atoms with van der Waals surface area (Å²) in [5.74, 6) is -9.30. The predicted molar refractivity (Wildman–Crippen MR) is 299 cm³/mol. The first-order chi connectivity index (χ1) is 41.4. The number of benzene rings is 1. The van der Waals surface area contributed by atoms with E-state index in [4.69, 9.17) is 10.2 Å². The summed E-state index contributed by atoms with van der Waals surface area (Å²) in [4.78, 5) is 166. The van der Waals surface area contributed by atoms with Gasteiger partial charge in [-0.3, -0.25) is 28.4 Å². The lowest BCUT2D eigenvalue weighted by atomic mass is 10.0. The number of aliphatic carboxylic acids is 6. The molecule has 2 fully saturated rings. The molecule has 4 atom stereocenters. The van der Waals surface area contributed by atoms with Crippen LogP contribution in [-0.4, -0.2) is 245 Å². The summed E-state index contributed by atoms with van der Waals surface area (Å²) in [5, 5.41) is 80.4. The number of nitrogens with zero attached hydrogens (tertiary/aromatic N) is 7. The third-order valence-electron chi connectivity index (χ3n) is 14.2. The Balaban J connectivity index is 1.24. The number of rotatable bonds is 36. The van der Waals surface area contributed by atoms with Crippen LogP contribution in [0.3, 0.4) is 0 Å². The highest BCUT2D eigenvalue weighted by molar-refractivity contribution is 5.95. The number of piperazine rings is 2. The number of hydrogen-bond acceptors (Lipinski definition) is 15. The summed E-state index contributed by atoms with van der Waals surface area (Å²) in [6.07, 6.45) is 1.66. The van der Waals surface area contributed by atoms with E-state index in [-0.39, 0.29) is 134 Å². The Morgan fingerprint density at radius 2 is 0.862 bits per heavy atom. The van der Waals surface area contributed by atoms with Gasteiger partial charge in [0.2, 0.25) is 11.8 Å². The largest absolute Gasteiger partial charge is 0.481 e. The topological polar surface area (TPSA) is 471 Å². The smallest absolute Gasteiger partial charge is 0.326 e. The Hall–Kier alpha value is -9.40. The highest BCUT2D eigenvalue weighted by Crippen LogP contribution is 2.16. The molecule has 1 aromatic carbocycles. The highest BCUT2D eigenvalue weighted by atomic mass is 19.1. The minimum absolute atomic E-state index is 0.0193. The Kier molecular flexibility index (Phi) is 29.4. The van der Waals surface area contributed by atoms with E-state index in [0.29, 0.717) is 37.1 Å². The van der Waals surface area contributed by atoms with Crippen molar-refractivity contribution in [1.82, 2.24) is 71.8 Å². The number of halogens is 1. The third-order valence-corrected chi connectivity index (χ3v) is 14.2. The van der Waals surface area contributed by atoms with Gasteiger partial charge >= 0.3 is 59.9 Å². The Bertz CT molecular complexity index is 2570. The summed E-state index contributed by atoms with van der Waals surface area (Å²) in [5.41, 5.74) is 1.47. The Morgan fingerprint density at radius 1 is 0.471 bits per heavy atom. The highest BCUT2D eigenvalue weighted by Gasteiger charge is 2.30. The van der Waals surface area contributed by atoms with Gasteiger partial charge in [0.1, 0.15) is 24.2 Å². The molecule has 0 spiro atoms. The summed E-state index contributed by atoms with van der Waals surface area (Å²) in [6, 6.07) is -3.17. The summed E-state index contributed by atoms with van der Waals surface area (Å²) < 4.78 is 14.2. The minimum Gasteiger partial charge on any atom is -0.481 e. The van der Waals surface area contributed by atoms with E-state index in [2.05, 4.69) is 47.5 Å². The van der Waals surface area contributed by atoms with Crippen molar-refractivity contribution in [2.24, 2.45) is 0 Å². The number of nitrogens with one attached hydrogen (secondary N) is 7. The van der Waals surface area contributed by atoms with E-state index in [1.807, 2.05) is 0 Å². The van der Waals surface area contributed by atoms with Crippen molar-refractivity contribution in [2.75, 3.05) is 72.1 Å². The molecule has 1 aromatic heterocycles. The Morgan fingerprint density at radius 3 is 1.24 bits per heavy atom. The molecule has 0 bridgehead atoms. The molecule has 33 nitrogen and oxygen atoms in total. The first-order valence-electron chi connectivity index (χ1n) is 28.4. The van der Waals surface area contributed by atoms with Crippen molar-refractivity contribution in [3.63, 3.8) is 0 Å². The van der Waals surface area contributed by atoms with Crippen LogP contribution in [-0.2, 0) is 44.8 Å². The van der Waals surface area contributed by atoms with Crippen LogP contribution in [0, 0.1) is 0 Å². The van der Waals surface area contributed by atoms with Crippen molar-refractivity contribution in [3.8, 4) is 5.69 Å². The van der Waals surface area contributed by atoms with Crippen LogP contribution in [0.15, 0.2) is 30.5 Å². The average Bonchev–Trinajstić information content (AvgIpc) is 4.24. The quantitative estimate of drug-likeness (QED) is 0.0400. The van der Waals surface area contributed by atoms with E-state index in [1.165, 1.54) is 14.5 Å². The van der Waals surface area contributed by atoms with E-state index in [1.54, 1.807) is 40.3 Å². The molecule has 0 aliphatic carbocycles. The number of aromatic nitrogens is 3. The van der Waals surface area contributed by atoms with E-state index < -0.39 is 128 Å². The fourth-order valence-electron chi connectivity index (χ4n) is 9.18. The van der Waals surface area contributed by atoms with Gasteiger partial charge in [0.25, 0.3) is 5.91 Å². The fourth-order valence-corrected chi connectivity index (χ4v) is 9.18. The van der Waals surface area contributed by atoms with Gasteiger partial charge in [-0.15, -0.1) is 5.10 Å². The molecule has 13 N–H and O–H groups in total. The molecule has 2 unspecified atom stereocenters. The van der Waals surface area contributed by atoms with Crippen LogP contribution >= 0.6 is 0 Å². The van der Waals surface area contributed by atoms with Gasteiger partial charge in [-0.1, -0.05) is 5.21 Å². The van der Waals surface area contributed by atoms with Gasteiger partial charge in [0, 0.05) is 103 Å². The van der Waals surface area contributed by atoms with Gasteiger partial charge in [-0.05, 0) is 101 Å². The van der Waals surface area contributed by atoms with Crippen LogP contribution < -0.4 is 37.2 Å². The third kappa shape index (κ3) is 25.4. The zero-order chi connectivity index (χ0) is 64.0. The van der Waals surface area contributed by atoms with Gasteiger partial charge in [0.15, 0.2) is 0 Å². The van der Waals surface area contributed by atoms with Crippen molar-refractivity contribution in [1.29, 1.82) is 0 Å². The molecular weight excluding hydrogens is 1160 g/mol. The number of carbonyl (C=O) groups is 13. The molecule has 87 heavy (non-hydrogen) atoms. The summed E-state index contributed by atoms with van der Waals surface area (Å²) in [7, 11) is 0. The van der Waals surface area contributed by atoms with E-state index in [9.17, 15) is 87.1 Å². The number of carbonyl (C=O) groups excluding carboxylic acids is 7. The van der Waals surface area contributed by atoms with Crippen molar-refractivity contribution < 1.29 is 97.4 Å². The van der Waals surface area contributed by atoms with Crippen LogP contribution in [0.2, 0.25) is 0 Å². The molecule has 11 amide bonds. The number of carboxylic acids is 6. The lowest BCUT2D eigenvalue weighted by Gasteiger charge is -2.35. The lowest BCUT2D eigenvalue weighted by Crippen LogP contribution is -2.53. The SMILES string of the molecule is O=C(O)CCC(NC(=O)N[C@@H](CCCCNC(=O)N1CCN(C(=O)CCC(CCC(=O)N2CCN(C(=O)NCCCC[C@H](NC(=O)NC(CCC(=O)O)C(=O)O)C(=O)O)CC2)NC(=O)c2ccc(-n3cc(CCCF)nn3)cc2)CC1)C(=O)O)C(=O)O. The normalized spacial score (nSPS) is 14.9. The number of amides is 11. The predicted octanol–water partition coefficient (Wildman–Crippen LogP) is 0.0172. The molecular formula is C53H77FN14O19. The van der Waals surface area contributed by atoms with Crippen molar-refractivity contribution in [3.05, 3.63) is 41.7 Å². The molecule has 0 saturated carbocycles. The zero-order valence-electron chi connectivity index (χ0n) is 47.9. The van der Waals surface area contributed by atoms with E-state index >= 15 is 0 Å². The molecule has 2 aliphatic rings. The number of urea groups is 4. The number of unbranched alkanes of at least 4 members (excludes halogenated alkanes) is 2. The van der Waals surface area contributed by atoms with Crippen LogP contribution in [0.5, 0.6) is 0 Å². The van der Waals surface area contributed by atoms with Crippen LogP contribution in [0.1, 0.15) is 112 Å². The van der Waals surface area contributed by atoms with Gasteiger partial charge in [-0.25, -0.2) is 43.0 Å². The molecule has 2 aliphatic heterocycles. The fraction of sp³-hybridized carbons (Fsp3) is 0.604. The maximum atomic E-state index is 13.7. The second-order valence-electron chi connectivity index (χ2n) is 20.6. The molecule has 3 heterocycles. The zero-order valence-corrected chi connectivity index (χ0v) is 47.9. The van der Waals surface area contributed by atoms with Crippen LogP contribution in [0.25, 0.3) is 5.69 Å². The van der Waals surface area contributed by atoms with Gasteiger partial charge in [-0.2, -0.15) is 0 Å². The van der Waals surface area contributed by atoms with E-state index in [0.717, 1.165) is 0 Å². The molecule has 34 heteroatoms. The standard InChI is InChI=1S/C53H77FN14O19/c54-21-5-6-35-32-68(63-62-35)36-13-9-33(10-14-36)45(75)57-34(11-17-41(69)64-24-28-66(29-25-64)52(86)55-22-3-1-7-37(46(76)77)58-50(84)60-39(48(80)81)15-19-43(71)72)12-18-42(70)65-26-30-67(31-27-65)53(87)56-23-4-2-8-38(47(78)79)59-51(85)61-40(49(82)83)16-20-44(73)74/h9-10,13-14,32,34,37-40H,1-8,11-12,15-31H2,(H,55,86)(H,56,87)(H,57,75)(H,71,72)(H,73,74)(H,76,77)(H,78,79)(H,80,81)(H,82,83)(H2,58,60,84)(H2,59,61,85)/t34?,37-,38-,39?,40?/m0/s1. The maximum absolute atomic E-state index is 13.7. The molecule has 2 aromatic rings. The van der Waals surface area contributed by atoms with Crippen LogP contribution in [0.4, 0.5) is 23.6 Å². The number of alkyl halides is 1. The van der Waals surface area contributed by atoms with Gasteiger partial charge < -0.3 is 87.5 Å². The summed E-state index contributed by atoms with van der Waals surface area (Å²) >= 11 is 0. The maximum Gasteiger partial charge on any atom is 0.326 e. The summed E-state index contributed by atoms with van der Waals surface area (Å²) in [6.45, 7) is 1.31. The monoisotopic (exact) mass is 1230 g/mol. The second kappa shape index (κ2) is 36.4. The number of carboxylic acid groups (broad SMARTS) is 6. The first-order valence-corrected chi connectivity index (χ1v) is 28.4. The first kappa shape index (κ1) is 70.1. The molecule has 4 rings (SSSR count). The second-order valence-corrected chi connectivity index (χ2v) is 20.6. The van der Waals surface area contributed by atoms with Gasteiger partial charge in [0.05, 0.1) is 24.3 Å². The number of hydrogen-bond donors (Lipinski definition) is 13. The molecule has 480 valence electrons.